The molecule has 0 spiro atoms. The molecule has 3 nitrogen and oxygen atoms in total. The van der Waals surface area contributed by atoms with Gasteiger partial charge in [0.25, 0.3) is 0 Å². The lowest BCUT2D eigenvalue weighted by Crippen LogP contribution is -2.27. The molecule has 0 aromatic heterocycles. The maximum atomic E-state index is 6.55. The van der Waals surface area contributed by atoms with Gasteiger partial charge in [0.1, 0.15) is 5.84 Å². The highest BCUT2D eigenvalue weighted by Crippen LogP contribution is 2.55. The predicted octanol–water partition coefficient (Wildman–Crippen LogP) is 11.0. The van der Waals surface area contributed by atoms with Gasteiger partial charge in [0.15, 0.2) is 0 Å². The number of amidine groups is 1. The van der Waals surface area contributed by atoms with Gasteiger partial charge in [0.2, 0.25) is 0 Å². The second kappa shape index (κ2) is 12.2. The third kappa shape index (κ3) is 5.19. The van der Waals surface area contributed by atoms with Crippen LogP contribution in [0.4, 0.5) is 0 Å². The minimum atomic E-state index is -0.0734. The van der Waals surface area contributed by atoms with Gasteiger partial charge in [-0.3, -0.25) is 4.99 Å². The van der Waals surface area contributed by atoms with Crippen molar-refractivity contribution in [3.05, 3.63) is 203 Å². The fourth-order valence-corrected chi connectivity index (χ4v) is 8.81. The van der Waals surface area contributed by atoms with E-state index >= 15 is 0 Å². The first-order valence-electron chi connectivity index (χ1n) is 18.5. The van der Waals surface area contributed by atoms with Gasteiger partial charge in [-0.2, -0.15) is 0 Å². The predicted molar refractivity (Wildman–Crippen MR) is 214 cm³/mol. The number of ether oxygens (including phenoxy) is 1. The molecule has 5 aliphatic rings. The van der Waals surface area contributed by atoms with Crippen LogP contribution in [0.3, 0.4) is 0 Å². The molecule has 0 radical (unpaired) electrons. The van der Waals surface area contributed by atoms with Crippen LogP contribution in [0.15, 0.2) is 180 Å². The molecule has 0 saturated carbocycles. The smallest absolute Gasteiger partial charge is 0.133 e. The van der Waals surface area contributed by atoms with Crippen molar-refractivity contribution < 1.29 is 4.74 Å². The van der Waals surface area contributed by atoms with Crippen LogP contribution in [0.25, 0.3) is 33.5 Å². The largest absolute Gasteiger partial charge is 0.365 e. The van der Waals surface area contributed by atoms with Crippen molar-refractivity contribution >= 4 is 17.1 Å². The summed E-state index contributed by atoms with van der Waals surface area (Å²) in [5.74, 6) is 1.20. The van der Waals surface area contributed by atoms with E-state index in [1.165, 1.54) is 55.7 Å². The van der Waals surface area contributed by atoms with Crippen LogP contribution in [0.1, 0.15) is 54.1 Å². The van der Waals surface area contributed by atoms with E-state index in [1.54, 1.807) is 0 Å². The molecule has 1 fully saturated rings. The quantitative estimate of drug-likeness (QED) is 0.202. The number of hydrogen-bond donors (Lipinski definition) is 1. The van der Waals surface area contributed by atoms with Gasteiger partial charge in [-0.15, -0.1) is 0 Å². The van der Waals surface area contributed by atoms with Crippen LogP contribution in [-0.2, 0) is 10.2 Å². The lowest BCUT2D eigenvalue weighted by atomic mass is 9.77. The summed E-state index contributed by atoms with van der Waals surface area (Å²) in [5, 5.41) is 3.66. The van der Waals surface area contributed by atoms with E-state index in [0.29, 0.717) is 5.92 Å². The minimum Gasteiger partial charge on any atom is -0.365 e. The number of aliphatic imine (C=N–C) groups is 1. The molecule has 4 atom stereocenters. The zero-order valence-electron chi connectivity index (χ0n) is 29.5. The van der Waals surface area contributed by atoms with Gasteiger partial charge < -0.3 is 10.1 Å². The van der Waals surface area contributed by atoms with E-state index in [2.05, 4.69) is 177 Å². The number of nitrogens with one attached hydrogen (secondary N) is 1. The summed E-state index contributed by atoms with van der Waals surface area (Å²) in [6.45, 7) is 4.72. The number of benzene rings is 5. The average molecular weight is 673 g/mol. The Labute approximate surface area is 306 Å². The molecule has 4 unspecified atom stereocenters. The van der Waals surface area contributed by atoms with Gasteiger partial charge in [-0.05, 0) is 85.9 Å². The van der Waals surface area contributed by atoms with Crippen LogP contribution in [0.5, 0.6) is 0 Å². The SMILES string of the molecule is CC1(C)C2=CC3OC4CC=CC=C4C3C=C2c2cc(-c3ccc(-c4cccc(C5=CC(c6ccccc6)N=C(c6ccccc6)N5)c4)cc3)ccc21. The Kier molecular flexibility index (Phi) is 7.26. The van der Waals surface area contributed by atoms with E-state index in [4.69, 9.17) is 9.73 Å². The third-order valence-corrected chi connectivity index (χ3v) is 11.6. The normalized spacial score (nSPS) is 23.5. The second-order valence-corrected chi connectivity index (χ2v) is 15.1. The van der Waals surface area contributed by atoms with Gasteiger partial charge in [0, 0.05) is 22.6 Å². The molecule has 2 aliphatic heterocycles. The van der Waals surface area contributed by atoms with Crippen molar-refractivity contribution in [2.24, 2.45) is 10.9 Å². The molecule has 5 aromatic rings. The minimum absolute atomic E-state index is 0.0548. The van der Waals surface area contributed by atoms with Crippen molar-refractivity contribution in [3.63, 3.8) is 0 Å². The van der Waals surface area contributed by atoms with Crippen LogP contribution in [0, 0.1) is 5.92 Å². The standard InChI is InChI=1S/C49H40N2O/c1-49(2)42-25-24-36(27-39(42)40-28-41-38-18-9-10-19-46(38)52-47(41)29-43(40)49)32-22-20-31(21-23-32)35-16-11-17-37(26-35)45-30-44(33-12-5-3-6-13-33)50-48(51-45)34-14-7-4-8-15-34/h3-18,20-30,41,44,46-47H,19H2,1-2H3,(H,50,51). The van der Waals surface area contributed by atoms with Crippen LogP contribution in [0.2, 0.25) is 0 Å². The number of nitrogens with zero attached hydrogens (tertiary/aromatic N) is 1. The summed E-state index contributed by atoms with van der Waals surface area (Å²) in [5.41, 5.74) is 16.2. The first-order valence-corrected chi connectivity index (χ1v) is 18.5. The highest BCUT2D eigenvalue weighted by molar-refractivity contribution is 6.05. The number of hydrogen-bond acceptors (Lipinski definition) is 3. The highest BCUT2D eigenvalue weighted by Gasteiger charge is 2.46. The average Bonchev–Trinajstić information content (AvgIpc) is 3.68. The number of allylic oxidation sites excluding steroid dienone is 4. The second-order valence-electron chi connectivity index (χ2n) is 15.1. The van der Waals surface area contributed by atoms with E-state index in [-0.39, 0.29) is 23.7 Å². The molecule has 0 bridgehead atoms. The van der Waals surface area contributed by atoms with Crippen molar-refractivity contribution in [1.82, 2.24) is 5.32 Å². The summed E-state index contributed by atoms with van der Waals surface area (Å²) < 4.78 is 6.55. The Morgan fingerprint density at radius 1 is 0.673 bits per heavy atom. The molecule has 2 heterocycles. The Balaban J connectivity index is 0.950. The molecule has 10 rings (SSSR count). The first kappa shape index (κ1) is 31.0. The van der Waals surface area contributed by atoms with Crippen molar-refractivity contribution in [2.75, 3.05) is 0 Å². The third-order valence-electron chi connectivity index (χ3n) is 11.6. The monoisotopic (exact) mass is 672 g/mol. The molecule has 3 aliphatic carbocycles. The summed E-state index contributed by atoms with van der Waals surface area (Å²) in [6.07, 6.45) is 15.2. The molecule has 0 amide bonds. The molecule has 1 saturated heterocycles. The van der Waals surface area contributed by atoms with Crippen LogP contribution < -0.4 is 5.32 Å². The Morgan fingerprint density at radius 2 is 1.37 bits per heavy atom. The fraction of sp³-hybridized carbons (Fsp3) is 0.163. The molecule has 52 heavy (non-hydrogen) atoms. The van der Waals surface area contributed by atoms with E-state index in [1.807, 2.05) is 6.07 Å². The van der Waals surface area contributed by atoms with E-state index < -0.39 is 0 Å². The maximum Gasteiger partial charge on any atom is 0.133 e. The van der Waals surface area contributed by atoms with E-state index in [0.717, 1.165) is 29.1 Å². The lowest BCUT2D eigenvalue weighted by Gasteiger charge is -2.27. The van der Waals surface area contributed by atoms with Gasteiger partial charge >= 0.3 is 0 Å². The molecule has 5 aromatic carbocycles. The summed E-state index contributed by atoms with van der Waals surface area (Å²) in [6, 6.07) is 45.8. The molecular weight excluding hydrogens is 633 g/mol. The van der Waals surface area contributed by atoms with E-state index in [9.17, 15) is 0 Å². The van der Waals surface area contributed by atoms with Gasteiger partial charge in [0.05, 0.1) is 18.2 Å². The van der Waals surface area contributed by atoms with Gasteiger partial charge in [-0.25, -0.2) is 0 Å². The Hall–Kier alpha value is -5.77. The van der Waals surface area contributed by atoms with Crippen molar-refractivity contribution in [1.29, 1.82) is 0 Å². The zero-order chi connectivity index (χ0) is 34.8. The highest BCUT2D eigenvalue weighted by atomic mass is 16.5. The van der Waals surface area contributed by atoms with Crippen LogP contribution >= 0.6 is 0 Å². The van der Waals surface area contributed by atoms with Gasteiger partial charge in [-0.1, -0.05) is 159 Å². The van der Waals surface area contributed by atoms with Crippen molar-refractivity contribution in [2.45, 2.75) is 43.9 Å². The molecular formula is C49H40N2O. The van der Waals surface area contributed by atoms with Crippen molar-refractivity contribution in [3.8, 4) is 22.3 Å². The summed E-state index contributed by atoms with van der Waals surface area (Å²) in [4.78, 5) is 5.11. The zero-order valence-corrected chi connectivity index (χ0v) is 29.5. The Morgan fingerprint density at radius 3 is 2.15 bits per heavy atom. The summed E-state index contributed by atoms with van der Waals surface area (Å²) in [7, 11) is 0. The Bertz CT molecular complexity index is 2410. The topological polar surface area (TPSA) is 33.6 Å². The first-order chi connectivity index (χ1) is 25.5. The maximum absolute atomic E-state index is 6.55. The van der Waals surface area contributed by atoms with Crippen LogP contribution in [-0.4, -0.2) is 18.0 Å². The molecule has 252 valence electrons. The number of rotatable bonds is 5. The molecule has 3 heteroatoms. The number of fused-ring (bicyclic) bond motifs is 6. The molecule has 1 N–H and O–H groups in total. The fourth-order valence-electron chi connectivity index (χ4n) is 8.81. The lowest BCUT2D eigenvalue weighted by molar-refractivity contribution is 0.0733. The summed E-state index contributed by atoms with van der Waals surface area (Å²) >= 11 is 0.